The first kappa shape index (κ1) is 18.7. The van der Waals surface area contributed by atoms with E-state index >= 15 is 0 Å². The van der Waals surface area contributed by atoms with Gasteiger partial charge in [-0.2, -0.15) is 0 Å². The molecule has 1 aromatic carbocycles. The predicted octanol–water partition coefficient (Wildman–Crippen LogP) is 2.71. The summed E-state index contributed by atoms with van der Waals surface area (Å²) in [6, 6.07) is 5.09. The molecule has 0 spiro atoms. The number of urea groups is 1. The number of amides is 2. The Hall–Kier alpha value is -3.10. The van der Waals surface area contributed by atoms with Crippen molar-refractivity contribution in [2.24, 2.45) is 0 Å². The summed E-state index contributed by atoms with van der Waals surface area (Å²) in [6.07, 6.45) is 3.36. The van der Waals surface area contributed by atoms with Gasteiger partial charge in [-0.15, -0.1) is 0 Å². The Bertz CT molecular complexity index is 787. The minimum Gasteiger partial charge on any atom is -0.493 e. The van der Waals surface area contributed by atoms with E-state index in [9.17, 15) is 9.18 Å². The molecule has 144 valence electrons. The van der Waals surface area contributed by atoms with E-state index < -0.39 is 5.82 Å². The van der Waals surface area contributed by atoms with E-state index in [1.807, 2.05) is 0 Å². The van der Waals surface area contributed by atoms with Crippen LogP contribution in [0.3, 0.4) is 0 Å². The van der Waals surface area contributed by atoms with Gasteiger partial charge in [0.1, 0.15) is 6.10 Å². The van der Waals surface area contributed by atoms with Crippen LogP contribution in [0.25, 0.3) is 0 Å². The van der Waals surface area contributed by atoms with Crippen LogP contribution in [-0.4, -0.2) is 54.3 Å². The number of halogens is 1. The normalized spacial score (nSPS) is 16.6. The van der Waals surface area contributed by atoms with Crippen molar-refractivity contribution in [3.8, 4) is 17.5 Å². The van der Waals surface area contributed by atoms with Gasteiger partial charge in [-0.25, -0.2) is 19.2 Å². The summed E-state index contributed by atoms with van der Waals surface area (Å²) < 4.78 is 29.1. The molecule has 0 bridgehead atoms. The number of hydrogen-bond acceptors (Lipinski definition) is 6. The van der Waals surface area contributed by atoms with E-state index in [4.69, 9.17) is 14.2 Å². The number of rotatable bonds is 5. The smallest absolute Gasteiger partial charge is 0.322 e. The number of carbonyl (C=O) groups is 1. The van der Waals surface area contributed by atoms with Gasteiger partial charge < -0.3 is 24.4 Å². The van der Waals surface area contributed by atoms with E-state index in [-0.39, 0.29) is 18.1 Å². The maximum atomic E-state index is 12.9. The molecule has 0 aliphatic carbocycles. The lowest BCUT2D eigenvalue weighted by Crippen LogP contribution is -2.46. The summed E-state index contributed by atoms with van der Waals surface area (Å²) in [5, 5.41) is 2.84. The second kappa shape index (κ2) is 8.52. The first-order valence-corrected chi connectivity index (χ1v) is 8.52. The molecule has 2 aromatic rings. The largest absolute Gasteiger partial charge is 0.493 e. The number of aromatic nitrogens is 2. The highest BCUT2D eigenvalue weighted by molar-refractivity contribution is 5.91. The summed E-state index contributed by atoms with van der Waals surface area (Å²) in [6.45, 7) is 0.973. The third-order valence-corrected chi connectivity index (χ3v) is 4.18. The second-order valence-corrected chi connectivity index (χ2v) is 5.98. The fraction of sp³-hybridized carbons (Fsp3) is 0.389. The van der Waals surface area contributed by atoms with Gasteiger partial charge in [0.2, 0.25) is 0 Å². The highest BCUT2D eigenvalue weighted by Gasteiger charge is 2.26. The van der Waals surface area contributed by atoms with Crippen molar-refractivity contribution in [1.29, 1.82) is 0 Å². The fourth-order valence-electron chi connectivity index (χ4n) is 2.91. The molecule has 1 fully saturated rings. The van der Waals surface area contributed by atoms with Crippen molar-refractivity contribution in [1.82, 2.24) is 14.9 Å². The van der Waals surface area contributed by atoms with Gasteiger partial charge in [0.15, 0.2) is 17.3 Å². The number of methoxy groups -OCH3 is 2. The average molecular weight is 376 g/mol. The van der Waals surface area contributed by atoms with Crippen molar-refractivity contribution in [2.45, 2.75) is 18.9 Å². The quantitative estimate of drug-likeness (QED) is 0.864. The van der Waals surface area contributed by atoms with Crippen LogP contribution in [0.2, 0.25) is 0 Å². The first-order chi connectivity index (χ1) is 13.1. The molecular formula is C18H21FN4O4. The number of nitrogens with zero attached hydrogens (tertiary/aromatic N) is 3. The molecule has 1 aromatic heterocycles. The zero-order valence-electron chi connectivity index (χ0n) is 15.1. The van der Waals surface area contributed by atoms with Crippen molar-refractivity contribution in [2.75, 3.05) is 32.6 Å². The van der Waals surface area contributed by atoms with Crippen LogP contribution < -0.4 is 19.5 Å². The van der Waals surface area contributed by atoms with Gasteiger partial charge in [-0.05, 0) is 25.0 Å². The molecule has 0 radical (unpaired) electrons. The van der Waals surface area contributed by atoms with E-state index in [1.54, 1.807) is 23.1 Å². The number of carbonyl (C=O) groups excluding carboxylic acids is 1. The van der Waals surface area contributed by atoms with Gasteiger partial charge >= 0.3 is 12.0 Å². The topological polar surface area (TPSA) is 85.8 Å². The number of likely N-dealkylation sites (tertiary alicyclic amines) is 1. The minimum atomic E-state index is -0.528. The van der Waals surface area contributed by atoms with Crippen LogP contribution in [0.4, 0.5) is 14.9 Å². The lowest BCUT2D eigenvalue weighted by atomic mass is 10.1. The molecule has 2 heterocycles. The van der Waals surface area contributed by atoms with Crippen LogP contribution in [0, 0.1) is 5.82 Å². The van der Waals surface area contributed by atoms with Crippen molar-refractivity contribution in [3.05, 3.63) is 36.4 Å². The molecule has 1 aliphatic rings. The third-order valence-electron chi connectivity index (χ3n) is 4.18. The lowest BCUT2D eigenvalue weighted by molar-refractivity contribution is 0.0980. The summed E-state index contributed by atoms with van der Waals surface area (Å²) in [4.78, 5) is 21.9. The molecule has 1 aliphatic heterocycles. The molecule has 8 nitrogen and oxygen atoms in total. The summed E-state index contributed by atoms with van der Waals surface area (Å²) >= 11 is 0. The summed E-state index contributed by atoms with van der Waals surface area (Å²) in [7, 11) is 3.05. The SMILES string of the molecule is COc1cccc(NC(=O)N2CCCC(Oc3ncc(F)cn3)C2)c1OC. The summed E-state index contributed by atoms with van der Waals surface area (Å²) in [5.41, 5.74) is 0.520. The van der Waals surface area contributed by atoms with Gasteiger partial charge in [-0.3, -0.25) is 0 Å². The van der Waals surface area contributed by atoms with Crippen LogP contribution in [0.15, 0.2) is 30.6 Å². The second-order valence-electron chi connectivity index (χ2n) is 5.98. The molecule has 9 heteroatoms. The highest BCUT2D eigenvalue weighted by atomic mass is 19.1. The lowest BCUT2D eigenvalue weighted by Gasteiger charge is -2.32. The van der Waals surface area contributed by atoms with Crippen molar-refractivity contribution in [3.63, 3.8) is 0 Å². The van der Waals surface area contributed by atoms with Crippen LogP contribution in [0.1, 0.15) is 12.8 Å². The molecule has 27 heavy (non-hydrogen) atoms. The Kier molecular flexibility index (Phi) is 5.90. The van der Waals surface area contributed by atoms with Gasteiger partial charge in [0, 0.05) is 6.54 Å². The average Bonchev–Trinajstić information content (AvgIpc) is 2.69. The van der Waals surface area contributed by atoms with Gasteiger partial charge in [0.25, 0.3) is 0 Å². The third kappa shape index (κ3) is 4.55. The Morgan fingerprint density at radius 3 is 2.74 bits per heavy atom. The highest BCUT2D eigenvalue weighted by Crippen LogP contribution is 2.35. The number of benzene rings is 1. The molecule has 2 amide bonds. The van der Waals surface area contributed by atoms with E-state index in [0.717, 1.165) is 25.2 Å². The number of anilines is 1. The van der Waals surface area contributed by atoms with Gasteiger partial charge in [-0.1, -0.05) is 6.07 Å². The molecule has 0 saturated carbocycles. The van der Waals surface area contributed by atoms with Crippen LogP contribution in [-0.2, 0) is 0 Å². The Labute approximate surface area is 156 Å². The standard InChI is InChI=1S/C18H21FN4O4/c1-25-15-7-3-6-14(16(15)26-2)22-18(24)23-8-4-5-13(11-23)27-17-20-9-12(19)10-21-17/h3,6-7,9-10,13H,4-5,8,11H2,1-2H3,(H,22,24). The maximum absolute atomic E-state index is 12.9. The fourth-order valence-corrected chi connectivity index (χ4v) is 2.91. The van der Waals surface area contributed by atoms with E-state index in [0.29, 0.717) is 30.3 Å². The predicted molar refractivity (Wildman–Crippen MR) is 95.8 cm³/mol. The van der Waals surface area contributed by atoms with E-state index in [2.05, 4.69) is 15.3 Å². The van der Waals surface area contributed by atoms with Crippen molar-refractivity contribution < 1.29 is 23.4 Å². The zero-order valence-corrected chi connectivity index (χ0v) is 15.1. The molecule has 1 N–H and O–H groups in total. The minimum absolute atomic E-state index is 0.0955. The van der Waals surface area contributed by atoms with Crippen molar-refractivity contribution >= 4 is 11.7 Å². The monoisotopic (exact) mass is 376 g/mol. The van der Waals surface area contributed by atoms with Gasteiger partial charge in [0.05, 0.1) is 38.8 Å². The first-order valence-electron chi connectivity index (χ1n) is 8.52. The molecule has 1 atom stereocenters. The summed E-state index contributed by atoms with van der Waals surface area (Å²) in [5.74, 6) is 0.459. The van der Waals surface area contributed by atoms with Crippen LogP contribution in [0.5, 0.6) is 17.5 Å². The Morgan fingerprint density at radius 1 is 1.26 bits per heavy atom. The number of hydrogen-bond donors (Lipinski definition) is 1. The molecule has 1 unspecified atom stereocenters. The molecular weight excluding hydrogens is 355 g/mol. The molecule has 1 saturated heterocycles. The van der Waals surface area contributed by atoms with Crippen LogP contribution >= 0.6 is 0 Å². The Balaban J connectivity index is 1.64. The molecule has 3 rings (SSSR count). The maximum Gasteiger partial charge on any atom is 0.322 e. The number of nitrogens with one attached hydrogen (secondary N) is 1. The zero-order chi connectivity index (χ0) is 19.2. The van der Waals surface area contributed by atoms with E-state index in [1.165, 1.54) is 14.2 Å². The Morgan fingerprint density at radius 2 is 2.04 bits per heavy atom. The number of ether oxygens (including phenoxy) is 3. The number of piperidine rings is 1. The number of para-hydroxylation sites is 1.